The Kier molecular flexibility index (Phi) is 9.71. The van der Waals surface area contributed by atoms with Gasteiger partial charge >= 0.3 is 0 Å². The van der Waals surface area contributed by atoms with E-state index in [0.717, 1.165) is 41.7 Å². The van der Waals surface area contributed by atoms with Crippen LogP contribution in [-0.4, -0.2) is 30.4 Å². The number of nitrogens with zero attached hydrogens (tertiary/aromatic N) is 1. The Balaban J connectivity index is 1.93. The van der Waals surface area contributed by atoms with Crippen LogP contribution in [-0.2, 0) is 22.6 Å². The summed E-state index contributed by atoms with van der Waals surface area (Å²) in [6, 6.07) is 26.1. The topological polar surface area (TPSA) is 58.6 Å². The van der Waals surface area contributed by atoms with Crippen molar-refractivity contribution in [2.24, 2.45) is 0 Å². The van der Waals surface area contributed by atoms with Gasteiger partial charge in [-0.1, -0.05) is 92.6 Å². The first-order chi connectivity index (χ1) is 16.6. The fourth-order valence-electron chi connectivity index (χ4n) is 3.91. The molecular formula is C29H34N2O3. The number of rotatable bonds is 12. The van der Waals surface area contributed by atoms with E-state index in [1.54, 1.807) is 12.0 Å². The second-order valence-electron chi connectivity index (χ2n) is 8.34. The minimum atomic E-state index is -0.721. The molecule has 0 unspecified atom stereocenters. The predicted octanol–water partition coefficient (Wildman–Crippen LogP) is 5.31. The van der Waals surface area contributed by atoms with Gasteiger partial charge in [-0.05, 0) is 35.2 Å². The highest BCUT2D eigenvalue weighted by Crippen LogP contribution is 2.25. The quantitative estimate of drug-likeness (QED) is 0.374. The van der Waals surface area contributed by atoms with Crippen molar-refractivity contribution < 1.29 is 14.3 Å². The average Bonchev–Trinajstić information content (AvgIpc) is 2.88. The Morgan fingerprint density at radius 2 is 1.50 bits per heavy atom. The highest BCUT2D eigenvalue weighted by atomic mass is 16.5. The maximum Gasteiger partial charge on any atom is 0.247 e. The molecule has 178 valence electrons. The zero-order valence-electron chi connectivity index (χ0n) is 20.1. The number of carbonyl (C=O) groups is 2. The predicted molar refractivity (Wildman–Crippen MR) is 135 cm³/mol. The SMILES string of the molecule is CCCCCNC(=O)[C@H](c1ccccc1)N(Cc1ccc(OC)cc1)C(=O)Cc1ccccc1. The lowest BCUT2D eigenvalue weighted by Gasteiger charge is -2.32. The Hall–Kier alpha value is -3.60. The molecule has 34 heavy (non-hydrogen) atoms. The number of hydrogen-bond acceptors (Lipinski definition) is 3. The summed E-state index contributed by atoms with van der Waals surface area (Å²) in [7, 11) is 1.62. The molecule has 0 spiro atoms. The largest absolute Gasteiger partial charge is 0.497 e. The number of nitrogens with one attached hydrogen (secondary N) is 1. The summed E-state index contributed by atoms with van der Waals surface area (Å²) in [5.74, 6) is 0.496. The van der Waals surface area contributed by atoms with Gasteiger partial charge in [-0.3, -0.25) is 9.59 Å². The second-order valence-corrected chi connectivity index (χ2v) is 8.34. The molecule has 0 fully saturated rings. The molecule has 0 saturated carbocycles. The summed E-state index contributed by atoms with van der Waals surface area (Å²) in [4.78, 5) is 28.8. The highest BCUT2D eigenvalue weighted by molar-refractivity contribution is 5.89. The van der Waals surface area contributed by atoms with Gasteiger partial charge in [0, 0.05) is 13.1 Å². The molecule has 0 aliphatic heterocycles. The molecular weight excluding hydrogens is 424 g/mol. The zero-order valence-corrected chi connectivity index (χ0v) is 20.1. The smallest absolute Gasteiger partial charge is 0.247 e. The molecule has 0 aliphatic rings. The summed E-state index contributed by atoms with van der Waals surface area (Å²) in [6.45, 7) is 3.05. The van der Waals surface area contributed by atoms with Crippen molar-refractivity contribution in [3.05, 3.63) is 102 Å². The van der Waals surface area contributed by atoms with Crippen molar-refractivity contribution in [1.82, 2.24) is 10.2 Å². The van der Waals surface area contributed by atoms with E-state index in [1.807, 2.05) is 84.9 Å². The number of methoxy groups -OCH3 is 1. The fourth-order valence-corrected chi connectivity index (χ4v) is 3.91. The van der Waals surface area contributed by atoms with Gasteiger partial charge in [-0.15, -0.1) is 0 Å². The standard InChI is InChI=1S/C29H34N2O3/c1-3-4-11-20-30-29(33)28(25-14-9-6-10-15-25)31(22-24-16-18-26(34-2)19-17-24)27(32)21-23-12-7-5-8-13-23/h5-10,12-19,28H,3-4,11,20-22H2,1-2H3,(H,30,33)/t28-/m0/s1. The summed E-state index contributed by atoms with van der Waals surface area (Å²) in [5.41, 5.74) is 2.65. The molecule has 3 aromatic rings. The monoisotopic (exact) mass is 458 g/mol. The number of amides is 2. The van der Waals surface area contributed by atoms with Crippen molar-refractivity contribution in [2.75, 3.05) is 13.7 Å². The van der Waals surface area contributed by atoms with Crippen LogP contribution in [0.25, 0.3) is 0 Å². The van der Waals surface area contributed by atoms with Gasteiger partial charge in [-0.2, -0.15) is 0 Å². The molecule has 3 rings (SSSR count). The molecule has 3 aromatic carbocycles. The maximum atomic E-state index is 13.7. The minimum Gasteiger partial charge on any atom is -0.497 e. The molecule has 0 saturated heterocycles. The van der Waals surface area contributed by atoms with Crippen LogP contribution in [0.15, 0.2) is 84.9 Å². The molecule has 0 aromatic heterocycles. The summed E-state index contributed by atoms with van der Waals surface area (Å²) in [6.07, 6.45) is 3.28. The van der Waals surface area contributed by atoms with Crippen molar-refractivity contribution >= 4 is 11.8 Å². The van der Waals surface area contributed by atoms with Crippen LogP contribution in [0.4, 0.5) is 0 Å². The first kappa shape index (κ1) is 25.0. The molecule has 5 nitrogen and oxygen atoms in total. The lowest BCUT2D eigenvalue weighted by atomic mass is 10.0. The Morgan fingerprint density at radius 3 is 2.12 bits per heavy atom. The van der Waals surface area contributed by atoms with Crippen molar-refractivity contribution in [2.45, 2.75) is 45.2 Å². The number of benzene rings is 3. The molecule has 0 radical (unpaired) electrons. The van der Waals surface area contributed by atoms with E-state index < -0.39 is 6.04 Å². The maximum absolute atomic E-state index is 13.7. The first-order valence-electron chi connectivity index (χ1n) is 11.9. The molecule has 0 bridgehead atoms. The second kappa shape index (κ2) is 13.2. The fraction of sp³-hybridized carbons (Fsp3) is 0.310. The number of ether oxygens (including phenoxy) is 1. The van der Waals surface area contributed by atoms with E-state index in [9.17, 15) is 9.59 Å². The Morgan fingerprint density at radius 1 is 0.853 bits per heavy atom. The third kappa shape index (κ3) is 7.20. The van der Waals surface area contributed by atoms with E-state index in [0.29, 0.717) is 13.1 Å². The molecule has 2 amide bonds. The third-order valence-corrected chi connectivity index (χ3v) is 5.79. The van der Waals surface area contributed by atoms with Gasteiger partial charge in [0.2, 0.25) is 11.8 Å². The van der Waals surface area contributed by atoms with E-state index >= 15 is 0 Å². The molecule has 5 heteroatoms. The van der Waals surface area contributed by atoms with Crippen LogP contribution >= 0.6 is 0 Å². The lowest BCUT2D eigenvalue weighted by molar-refractivity contribution is -0.141. The average molecular weight is 459 g/mol. The summed E-state index contributed by atoms with van der Waals surface area (Å²) >= 11 is 0. The van der Waals surface area contributed by atoms with E-state index in [1.165, 1.54) is 0 Å². The molecule has 0 aliphatic carbocycles. The Labute approximate surface area is 202 Å². The van der Waals surface area contributed by atoms with E-state index in [-0.39, 0.29) is 18.2 Å². The molecule has 1 atom stereocenters. The number of carbonyl (C=O) groups excluding carboxylic acids is 2. The van der Waals surface area contributed by atoms with Gasteiger partial charge < -0.3 is 15.0 Å². The summed E-state index contributed by atoms with van der Waals surface area (Å²) < 4.78 is 5.28. The lowest BCUT2D eigenvalue weighted by Crippen LogP contribution is -2.44. The van der Waals surface area contributed by atoms with E-state index in [2.05, 4.69) is 12.2 Å². The van der Waals surface area contributed by atoms with Crippen molar-refractivity contribution in [3.8, 4) is 5.75 Å². The van der Waals surface area contributed by atoms with Gasteiger partial charge in [0.15, 0.2) is 0 Å². The van der Waals surface area contributed by atoms with Gasteiger partial charge in [0.05, 0.1) is 13.5 Å². The minimum absolute atomic E-state index is 0.0976. The number of hydrogen-bond donors (Lipinski definition) is 1. The van der Waals surface area contributed by atoms with Gasteiger partial charge in [-0.25, -0.2) is 0 Å². The van der Waals surface area contributed by atoms with Crippen LogP contribution in [0.5, 0.6) is 5.75 Å². The van der Waals surface area contributed by atoms with Gasteiger partial charge in [0.1, 0.15) is 11.8 Å². The van der Waals surface area contributed by atoms with Crippen LogP contribution in [0.3, 0.4) is 0 Å². The van der Waals surface area contributed by atoms with Gasteiger partial charge in [0.25, 0.3) is 0 Å². The van der Waals surface area contributed by atoms with Crippen molar-refractivity contribution in [1.29, 1.82) is 0 Å². The first-order valence-corrected chi connectivity index (χ1v) is 11.9. The normalized spacial score (nSPS) is 11.5. The Bertz CT molecular complexity index is 1020. The van der Waals surface area contributed by atoms with Crippen LogP contribution in [0.2, 0.25) is 0 Å². The highest BCUT2D eigenvalue weighted by Gasteiger charge is 2.31. The molecule has 1 N–H and O–H groups in total. The van der Waals surface area contributed by atoms with Crippen molar-refractivity contribution in [3.63, 3.8) is 0 Å². The van der Waals surface area contributed by atoms with Crippen LogP contribution in [0.1, 0.15) is 48.9 Å². The van der Waals surface area contributed by atoms with Crippen LogP contribution < -0.4 is 10.1 Å². The summed E-state index contributed by atoms with van der Waals surface area (Å²) in [5, 5.41) is 3.07. The van der Waals surface area contributed by atoms with Crippen LogP contribution in [0, 0.1) is 0 Å². The van der Waals surface area contributed by atoms with E-state index in [4.69, 9.17) is 4.74 Å². The third-order valence-electron chi connectivity index (χ3n) is 5.79. The molecule has 0 heterocycles. The number of unbranched alkanes of at least 4 members (excludes halogenated alkanes) is 2. The zero-order chi connectivity index (χ0) is 24.2.